The minimum absolute atomic E-state index is 0.221. The summed E-state index contributed by atoms with van der Waals surface area (Å²) in [6, 6.07) is 8.90. The molecule has 3 aromatic rings. The Morgan fingerprint density at radius 3 is 2.39 bits per heavy atom. The van der Waals surface area contributed by atoms with E-state index < -0.39 is 0 Å². The van der Waals surface area contributed by atoms with Crippen molar-refractivity contribution in [2.45, 2.75) is 20.8 Å². The van der Waals surface area contributed by atoms with E-state index in [1.54, 1.807) is 42.8 Å². The molecule has 0 aliphatic heterocycles. The van der Waals surface area contributed by atoms with Crippen LogP contribution >= 0.6 is 11.3 Å². The number of anilines is 1. The molecule has 3 rings (SSSR count). The number of hydrogen-bond acceptors (Lipinski definition) is 5. The van der Waals surface area contributed by atoms with E-state index in [0.29, 0.717) is 22.7 Å². The largest absolute Gasteiger partial charge is 0.321 e. The van der Waals surface area contributed by atoms with Crippen molar-refractivity contribution in [1.29, 1.82) is 0 Å². The Labute approximate surface area is 167 Å². The summed E-state index contributed by atoms with van der Waals surface area (Å²) in [5.74, 6) is -0.451. The van der Waals surface area contributed by atoms with Crippen molar-refractivity contribution in [1.82, 2.24) is 15.2 Å². The first kappa shape index (κ1) is 19.5. The first-order valence-corrected chi connectivity index (χ1v) is 9.54. The minimum Gasteiger partial charge on any atom is -0.321 e. The maximum Gasteiger partial charge on any atom is 0.273 e. The van der Waals surface area contributed by atoms with Crippen molar-refractivity contribution in [2.75, 3.05) is 5.32 Å². The molecule has 2 amide bonds. The number of rotatable bonds is 5. The third-order valence-electron chi connectivity index (χ3n) is 4.47. The molecule has 0 saturated carbocycles. The lowest BCUT2D eigenvalue weighted by Gasteiger charge is -2.07. The zero-order chi connectivity index (χ0) is 20.3. The number of carbonyl (C=O) groups excluding carboxylic acids is 2. The number of hydrogen-bond donors (Lipinski definition) is 2. The number of aromatic nitrogens is 2. The van der Waals surface area contributed by atoms with Crippen LogP contribution in [0, 0.1) is 13.8 Å². The van der Waals surface area contributed by atoms with Gasteiger partial charge >= 0.3 is 0 Å². The summed E-state index contributed by atoms with van der Waals surface area (Å²) >= 11 is 1.55. The van der Waals surface area contributed by atoms with Gasteiger partial charge in [-0.25, -0.2) is 5.43 Å². The van der Waals surface area contributed by atoms with Crippen molar-refractivity contribution >= 4 is 34.6 Å². The topological polar surface area (TPSA) is 88.4 Å². The van der Waals surface area contributed by atoms with Crippen molar-refractivity contribution in [3.05, 3.63) is 69.2 Å². The molecule has 144 valence electrons. The van der Waals surface area contributed by atoms with Gasteiger partial charge in [0.15, 0.2) is 0 Å². The fourth-order valence-electron chi connectivity index (χ4n) is 2.58. The lowest BCUT2D eigenvalue weighted by molar-refractivity contribution is 0.0953. The molecule has 0 aliphatic carbocycles. The number of hydrazone groups is 1. The molecule has 0 spiro atoms. The van der Waals surface area contributed by atoms with Crippen LogP contribution in [0.5, 0.6) is 0 Å². The lowest BCUT2D eigenvalue weighted by atomic mass is 10.1. The van der Waals surface area contributed by atoms with E-state index in [9.17, 15) is 9.59 Å². The number of benzene rings is 1. The Balaban J connectivity index is 1.64. The normalized spacial score (nSPS) is 11.4. The molecule has 0 aliphatic rings. The highest BCUT2D eigenvalue weighted by Gasteiger charge is 2.12. The Bertz CT molecular complexity index is 1050. The van der Waals surface area contributed by atoms with E-state index in [4.69, 9.17) is 0 Å². The molecular weight excluding hydrogens is 374 g/mol. The van der Waals surface area contributed by atoms with Crippen LogP contribution in [0.3, 0.4) is 0 Å². The van der Waals surface area contributed by atoms with E-state index in [0.717, 1.165) is 16.0 Å². The quantitative estimate of drug-likeness (QED) is 0.512. The summed E-state index contributed by atoms with van der Waals surface area (Å²) in [4.78, 5) is 25.6. The number of carbonyl (C=O) groups is 2. The second-order valence-electron chi connectivity index (χ2n) is 6.34. The Morgan fingerprint density at radius 1 is 1.11 bits per heavy atom. The molecular formula is C20H21N5O2S. The molecule has 0 fully saturated rings. The summed E-state index contributed by atoms with van der Waals surface area (Å²) < 4.78 is 1.51. The number of aryl methyl sites for hydroxylation is 2. The van der Waals surface area contributed by atoms with Gasteiger partial charge in [-0.1, -0.05) is 12.1 Å². The number of nitrogens with one attached hydrogen (secondary N) is 2. The molecule has 0 bridgehead atoms. The predicted octanol–water partition coefficient (Wildman–Crippen LogP) is 3.50. The van der Waals surface area contributed by atoms with Gasteiger partial charge in [0.25, 0.3) is 11.8 Å². The van der Waals surface area contributed by atoms with Crippen molar-refractivity contribution < 1.29 is 9.59 Å². The second kappa shape index (κ2) is 8.18. The summed E-state index contributed by atoms with van der Waals surface area (Å²) in [7, 11) is 1.71. The van der Waals surface area contributed by atoms with Crippen LogP contribution in [-0.4, -0.2) is 27.3 Å². The average Bonchev–Trinajstić information content (AvgIpc) is 3.26. The number of nitrogens with zero attached hydrogens (tertiary/aromatic N) is 3. The molecule has 0 unspecified atom stereocenters. The number of thiophene rings is 1. The van der Waals surface area contributed by atoms with Crippen LogP contribution in [0.25, 0.3) is 0 Å². The van der Waals surface area contributed by atoms with E-state index in [-0.39, 0.29) is 11.8 Å². The molecule has 0 saturated heterocycles. The monoisotopic (exact) mass is 395 g/mol. The highest BCUT2D eigenvalue weighted by atomic mass is 32.1. The first-order valence-electron chi connectivity index (χ1n) is 8.66. The molecule has 2 heterocycles. The zero-order valence-corrected chi connectivity index (χ0v) is 16.9. The number of amides is 2. The molecule has 2 aromatic heterocycles. The fraction of sp³-hybridized carbons (Fsp3) is 0.200. The third-order valence-corrected chi connectivity index (χ3v) is 5.48. The second-order valence-corrected chi connectivity index (χ2v) is 7.42. The van der Waals surface area contributed by atoms with Crippen LogP contribution in [-0.2, 0) is 7.05 Å². The Kier molecular flexibility index (Phi) is 5.70. The van der Waals surface area contributed by atoms with E-state index in [2.05, 4.69) is 20.9 Å². The van der Waals surface area contributed by atoms with Gasteiger partial charge in [-0.2, -0.15) is 10.2 Å². The molecule has 28 heavy (non-hydrogen) atoms. The maximum atomic E-state index is 12.3. The van der Waals surface area contributed by atoms with Crippen LogP contribution in [0.1, 0.15) is 43.8 Å². The zero-order valence-electron chi connectivity index (χ0n) is 16.1. The SMILES string of the molecule is CC(=NNC(=O)c1csc(C)c1C)c1ccc(NC(=O)c2ccnn2C)cc1. The van der Waals surface area contributed by atoms with Gasteiger partial charge < -0.3 is 5.32 Å². The Hall–Kier alpha value is -3.26. The summed E-state index contributed by atoms with van der Waals surface area (Å²) in [5.41, 5.74) is 6.87. The summed E-state index contributed by atoms with van der Waals surface area (Å²) in [5, 5.41) is 12.8. The molecule has 2 N–H and O–H groups in total. The highest BCUT2D eigenvalue weighted by Crippen LogP contribution is 2.20. The van der Waals surface area contributed by atoms with E-state index >= 15 is 0 Å². The predicted molar refractivity (Wildman–Crippen MR) is 111 cm³/mol. The van der Waals surface area contributed by atoms with Gasteiger partial charge in [-0.05, 0) is 50.1 Å². The van der Waals surface area contributed by atoms with Crippen molar-refractivity contribution in [2.24, 2.45) is 12.1 Å². The van der Waals surface area contributed by atoms with Gasteiger partial charge in [0.1, 0.15) is 5.69 Å². The van der Waals surface area contributed by atoms with Gasteiger partial charge in [-0.3, -0.25) is 14.3 Å². The van der Waals surface area contributed by atoms with Crippen molar-refractivity contribution in [3.63, 3.8) is 0 Å². The first-order chi connectivity index (χ1) is 13.4. The molecule has 7 nitrogen and oxygen atoms in total. The van der Waals surface area contributed by atoms with Gasteiger partial charge in [0, 0.05) is 29.2 Å². The fourth-order valence-corrected chi connectivity index (χ4v) is 3.45. The lowest BCUT2D eigenvalue weighted by Crippen LogP contribution is -2.19. The molecule has 8 heteroatoms. The smallest absolute Gasteiger partial charge is 0.273 e. The molecule has 0 atom stereocenters. The van der Waals surface area contributed by atoms with Crippen LogP contribution in [0.15, 0.2) is 47.0 Å². The van der Waals surface area contributed by atoms with Gasteiger partial charge in [0.2, 0.25) is 0 Å². The van der Waals surface area contributed by atoms with Crippen molar-refractivity contribution in [3.8, 4) is 0 Å². The average molecular weight is 395 g/mol. The van der Waals surface area contributed by atoms with Crippen LogP contribution in [0.2, 0.25) is 0 Å². The summed E-state index contributed by atoms with van der Waals surface area (Å²) in [6.45, 7) is 5.73. The molecule has 0 radical (unpaired) electrons. The highest BCUT2D eigenvalue weighted by molar-refractivity contribution is 7.10. The standard InChI is InChI=1S/C20H21N5O2S/c1-12-14(3)28-11-17(12)19(26)24-23-13(2)15-5-7-16(8-6-15)22-20(27)18-9-10-21-25(18)4/h5-11H,1-4H3,(H,22,27)(H,24,26). The Morgan fingerprint density at radius 2 is 1.82 bits per heavy atom. The van der Waals surface area contributed by atoms with Gasteiger partial charge in [0.05, 0.1) is 11.3 Å². The van der Waals surface area contributed by atoms with Crippen LogP contribution < -0.4 is 10.7 Å². The van der Waals surface area contributed by atoms with E-state index in [1.807, 2.05) is 38.3 Å². The van der Waals surface area contributed by atoms with E-state index in [1.165, 1.54) is 4.68 Å². The third kappa shape index (κ3) is 4.17. The van der Waals surface area contributed by atoms with Crippen LogP contribution in [0.4, 0.5) is 5.69 Å². The molecule has 1 aromatic carbocycles. The maximum absolute atomic E-state index is 12.3. The minimum atomic E-state index is -0.230. The van der Waals surface area contributed by atoms with Gasteiger partial charge in [-0.15, -0.1) is 11.3 Å². The summed E-state index contributed by atoms with van der Waals surface area (Å²) in [6.07, 6.45) is 1.57.